The molecule has 1 fully saturated rings. The maximum atomic E-state index is 13.8. The van der Waals surface area contributed by atoms with E-state index in [0.29, 0.717) is 26.1 Å². The van der Waals surface area contributed by atoms with E-state index >= 15 is 0 Å². The van der Waals surface area contributed by atoms with E-state index < -0.39 is 0 Å². The maximum Gasteiger partial charge on any atom is 0.254 e. The van der Waals surface area contributed by atoms with Gasteiger partial charge in [-0.25, -0.2) is 0 Å². The van der Waals surface area contributed by atoms with Crippen molar-refractivity contribution in [2.75, 3.05) is 13.7 Å². The summed E-state index contributed by atoms with van der Waals surface area (Å²) in [5, 5.41) is 1.13. The van der Waals surface area contributed by atoms with E-state index in [2.05, 4.69) is 11.1 Å². The Bertz CT molecular complexity index is 1270. The lowest BCUT2D eigenvalue weighted by atomic mass is 9.77. The molecule has 34 heavy (non-hydrogen) atoms. The second-order valence-electron chi connectivity index (χ2n) is 10.1. The number of carbonyl (C=O) groups excluding carboxylic acids is 2. The van der Waals surface area contributed by atoms with Crippen LogP contribution in [0, 0.1) is 0 Å². The number of amides is 2. The number of benzene rings is 2. The first kappa shape index (κ1) is 21.3. The molecule has 3 heterocycles. The van der Waals surface area contributed by atoms with Crippen LogP contribution in [-0.4, -0.2) is 45.8 Å². The third-order valence-corrected chi connectivity index (χ3v) is 8.19. The van der Waals surface area contributed by atoms with Crippen molar-refractivity contribution in [3.8, 4) is 5.75 Å². The van der Waals surface area contributed by atoms with Gasteiger partial charge in [-0.1, -0.05) is 37.5 Å². The van der Waals surface area contributed by atoms with Crippen molar-refractivity contribution in [2.24, 2.45) is 0 Å². The maximum absolute atomic E-state index is 13.8. The molecular weight excluding hydrogens is 426 g/mol. The molecular formula is C28H31N3O3. The largest absolute Gasteiger partial charge is 0.497 e. The molecule has 2 amide bonds. The Kier molecular flexibility index (Phi) is 5.12. The molecule has 176 valence electrons. The molecule has 3 aliphatic rings. The van der Waals surface area contributed by atoms with Gasteiger partial charge in [0.15, 0.2) is 0 Å². The molecule has 0 bridgehead atoms. The standard InChI is InChI=1S/C28H31N3O3/c1-34-20-9-10-24-22(15-20)23-18-30(14-11-25(23)29-24)26(32)16-28(12-5-2-6-13-28)31-17-19-7-3-4-8-21(19)27(31)33/h3-4,7-10,15,29H,2,5-6,11-14,16-18H2,1H3. The normalized spacial score (nSPS) is 19.3. The Morgan fingerprint density at radius 2 is 1.91 bits per heavy atom. The van der Waals surface area contributed by atoms with Crippen LogP contribution in [0.15, 0.2) is 42.5 Å². The highest BCUT2D eigenvalue weighted by Crippen LogP contribution is 2.42. The van der Waals surface area contributed by atoms with Crippen LogP contribution >= 0.6 is 0 Å². The molecule has 0 atom stereocenters. The third-order valence-electron chi connectivity index (χ3n) is 8.19. The summed E-state index contributed by atoms with van der Waals surface area (Å²) in [5.41, 5.74) is 5.00. The molecule has 1 aromatic heterocycles. The first-order valence-electron chi connectivity index (χ1n) is 12.4. The molecule has 6 heteroatoms. The number of nitrogens with zero attached hydrogens (tertiary/aromatic N) is 2. The van der Waals surface area contributed by atoms with Crippen LogP contribution in [0.3, 0.4) is 0 Å². The second-order valence-corrected chi connectivity index (χ2v) is 10.1. The van der Waals surface area contributed by atoms with Crippen molar-refractivity contribution in [3.63, 3.8) is 0 Å². The van der Waals surface area contributed by atoms with E-state index in [0.717, 1.165) is 59.9 Å². The molecule has 1 N–H and O–H groups in total. The van der Waals surface area contributed by atoms with E-state index in [4.69, 9.17) is 4.74 Å². The average Bonchev–Trinajstić information content (AvgIpc) is 3.41. The molecule has 0 spiro atoms. The lowest BCUT2D eigenvalue weighted by Gasteiger charge is -2.45. The Morgan fingerprint density at radius 1 is 1.09 bits per heavy atom. The molecule has 0 radical (unpaired) electrons. The number of ether oxygens (including phenoxy) is 1. The van der Waals surface area contributed by atoms with Gasteiger partial charge in [0.05, 0.1) is 19.1 Å². The zero-order chi connectivity index (χ0) is 23.3. The third kappa shape index (κ3) is 3.39. The minimum absolute atomic E-state index is 0.0926. The summed E-state index contributed by atoms with van der Waals surface area (Å²) in [6.07, 6.45) is 6.35. The number of aromatic amines is 1. The Hall–Kier alpha value is -3.28. The van der Waals surface area contributed by atoms with E-state index in [9.17, 15) is 9.59 Å². The molecule has 6 rings (SSSR count). The van der Waals surface area contributed by atoms with Gasteiger partial charge in [-0.3, -0.25) is 9.59 Å². The number of aromatic nitrogens is 1. The van der Waals surface area contributed by atoms with Gasteiger partial charge in [-0.2, -0.15) is 0 Å². The van der Waals surface area contributed by atoms with Crippen molar-refractivity contribution in [3.05, 3.63) is 64.8 Å². The highest BCUT2D eigenvalue weighted by atomic mass is 16.5. The van der Waals surface area contributed by atoms with E-state index in [1.54, 1.807) is 7.11 Å². The first-order valence-corrected chi connectivity index (χ1v) is 12.4. The number of fused-ring (bicyclic) bond motifs is 4. The highest BCUT2D eigenvalue weighted by molar-refractivity contribution is 5.99. The van der Waals surface area contributed by atoms with E-state index in [1.807, 2.05) is 46.2 Å². The van der Waals surface area contributed by atoms with Gasteiger partial charge in [-0.05, 0) is 42.7 Å². The van der Waals surface area contributed by atoms with Crippen molar-refractivity contribution in [1.29, 1.82) is 0 Å². The fourth-order valence-electron chi connectivity index (χ4n) is 6.32. The zero-order valence-corrected chi connectivity index (χ0v) is 19.7. The van der Waals surface area contributed by atoms with E-state index in [-0.39, 0.29) is 17.4 Å². The fraction of sp³-hybridized carbons (Fsp3) is 0.429. The summed E-state index contributed by atoms with van der Waals surface area (Å²) in [7, 11) is 1.68. The minimum atomic E-state index is -0.380. The van der Waals surface area contributed by atoms with Gasteiger partial charge in [0.2, 0.25) is 5.91 Å². The van der Waals surface area contributed by atoms with Crippen molar-refractivity contribution in [2.45, 2.75) is 63.6 Å². The van der Waals surface area contributed by atoms with Gasteiger partial charge < -0.3 is 19.5 Å². The zero-order valence-electron chi connectivity index (χ0n) is 19.7. The topological polar surface area (TPSA) is 65.6 Å². The number of nitrogens with one attached hydrogen (secondary N) is 1. The fourth-order valence-corrected chi connectivity index (χ4v) is 6.32. The van der Waals surface area contributed by atoms with Gasteiger partial charge in [0.1, 0.15) is 5.75 Å². The Morgan fingerprint density at radius 3 is 2.71 bits per heavy atom. The smallest absolute Gasteiger partial charge is 0.254 e. The van der Waals surface area contributed by atoms with Gasteiger partial charge in [0.25, 0.3) is 5.91 Å². The van der Waals surface area contributed by atoms with Crippen LogP contribution in [0.4, 0.5) is 0 Å². The number of hydrogen-bond acceptors (Lipinski definition) is 3. The summed E-state index contributed by atoms with van der Waals surface area (Å²) < 4.78 is 5.43. The van der Waals surface area contributed by atoms with E-state index in [1.165, 1.54) is 17.7 Å². The minimum Gasteiger partial charge on any atom is -0.497 e. The summed E-state index contributed by atoms with van der Waals surface area (Å²) in [6.45, 7) is 1.93. The highest BCUT2D eigenvalue weighted by Gasteiger charge is 2.46. The summed E-state index contributed by atoms with van der Waals surface area (Å²) in [5.74, 6) is 1.08. The van der Waals surface area contributed by atoms with Crippen LogP contribution < -0.4 is 4.74 Å². The van der Waals surface area contributed by atoms with Crippen LogP contribution in [0.2, 0.25) is 0 Å². The predicted molar refractivity (Wildman–Crippen MR) is 131 cm³/mol. The average molecular weight is 458 g/mol. The molecule has 3 aromatic rings. The van der Waals surface area contributed by atoms with Gasteiger partial charge >= 0.3 is 0 Å². The monoisotopic (exact) mass is 457 g/mol. The molecule has 1 aliphatic carbocycles. The van der Waals surface area contributed by atoms with Crippen LogP contribution in [-0.2, 0) is 24.3 Å². The molecule has 6 nitrogen and oxygen atoms in total. The van der Waals surface area contributed by atoms with Gasteiger partial charge in [-0.15, -0.1) is 0 Å². The lowest BCUT2D eigenvalue weighted by molar-refractivity contribution is -0.135. The van der Waals surface area contributed by atoms with Crippen LogP contribution in [0.25, 0.3) is 10.9 Å². The summed E-state index contributed by atoms with van der Waals surface area (Å²) in [4.78, 5) is 34.7. The number of rotatable bonds is 4. The van der Waals surface area contributed by atoms with Crippen molar-refractivity contribution >= 4 is 22.7 Å². The first-order chi connectivity index (χ1) is 16.6. The SMILES string of the molecule is COc1ccc2[nH]c3c(c2c1)CN(C(=O)CC1(N2Cc4ccccc4C2=O)CCCCC1)CC3. The van der Waals surface area contributed by atoms with Crippen LogP contribution in [0.5, 0.6) is 5.75 Å². The van der Waals surface area contributed by atoms with Crippen molar-refractivity contribution in [1.82, 2.24) is 14.8 Å². The van der Waals surface area contributed by atoms with Gasteiger partial charge in [0, 0.05) is 53.8 Å². The van der Waals surface area contributed by atoms with Crippen LogP contribution in [0.1, 0.15) is 65.7 Å². The molecule has 2 aliphatic heterocycles. The number of hydrogen-bond donors (Lipinski definition) is 1. The number of methoxy groups -OCH3 is 1. The Labute approximate surface area is 199 Å². The lowest BCUT2D eigenvalue weighted by Crippen LogP contribution is -2.53. The molecule has 0 unspecified atom stereocenters. The molecule has 2 aromatic carbocycles. The summed E-state index contributed by atoms with van der Waals surface area (Å²) in [6, 6.07) is 14.0. The summed E-state index contributed by atoms with van der Waals surface area (Å²) >= 11 is 0. The number of H-pyrrole nitrogens is 1. The quantitative estimate of drug-likeness (QED) is 0.611. The Balaban J connectivity index is 1.26. The molecule has 1 saturated carbocycles. The second kappa shape index (κ2) is 8.19. The predicted octanol–water partition coefficient (Wildman–Crippen LogP) is 4.81. The number of carbonyl (C=O) groups is 2. The van der Waals surface area contributed by atoms with Crippen molar-refractivity contribution < 1.29 is 14.3 Å². The molecule has 0 saturated heterocycles.